The van der Waals surface area contributed by atoms with Crippen molar-refractivity contribution in [2.24, 2.45) is 5.41 Å². The summed E-state index contributed by atoms with van der Waals surface area (Å²) in [5.74, 6) is -0.410. The van der Waals surface area contributed by atoms with Gasteiger partial charge in [0.2, 0.25) is 0 Å². The van der Waals surface area contributed by atoms with Gasteiger partial charge < -0.3 is 9.53 Å². The highest BCUT2D eigenvalue weighted by Gasteiger charge is 2.43. The molecule has 0 aliphatic carbocycles. The smallest absolute Gasteiger partial charge is 0.319 e. The summed E-state index contributed by atoms with van der Waals surface area (Å²) in [5, 5.41) is 0. The van der Waals surface area contributed by atoms with Crippen molar-refractivity contribution in [3.63, 3.8) is 0 Å². The molecule has 1 saturated heterocycles. The summed E-state index contributed by atoms with van der Waals surface area (Å²) in [5.41, 5.74) is -0.915. The summed E-state index contributed by atoms with van der Waals surface area (Å²) in [7, 11) is 0. The maximum Gasteiger partial charge on any atom is 0.319 e. The molecule has 60 valence electrons. The molecule has 11 heavy (non-hydrogen) atoms. The third-order valence-electron chi connectivity index (χ3n) is 1.92. The molecule has 0 radical (unpaired) electrons. The molecule has 1 aliphatic rings. The van der Waals surface area contributed by atoms with Gasteiger partial charge in [-0.1, -0.05) is 6.08 Å². The Hall–Kier alpha value is -1.12. The number of cyclic esters (lactones) is 1. The first-order valence-electron chi connectivity index (χ1n) is 3.49. The first-order valence-corrected chi connectivity index (χ1v) is 3.49. The monoisotopic (exact) mass is 154 g/mol. The molecule has 3 nitrogen and oxygen atoms in total. The number of carbonyl (C=O) groups excluding carboxylic acids is 2. The van der Waals surface area contributed by atoms with Gasteiger partial charge in [-0.3, -0.25) is 4.79 Å². The lowest BCUT2D eigenvalue weighted by Gasteiger charge is -2.13. The Balaban J connectivity index is 2.80. The molecule has 0 N–H and O–H groups in total. The number of allylic oxidation sites excluding steroid dienone is 1. The Morgan fingerprint density at radius 3 is 2.82 bits per heavy atom. The van der Waals surface area contributed by atoms with Crippen LogP contribution in [0.5, 0.6) is 0 Å². The van der Waals surface area contributed by atoms with Gasteiger partial charge >= 0.3 is 5.97 Å². The molecule has 0 aromatic rings. The summed E-state index contributed by atoms with van der Waals surface area (Å²) in [6.45, 7) is 3.84. The van der Waals surface area contributed by atoms with Crippen LogP contribution in [0.1, 0.15) is 12.8 Å². The SMILES string of the molecule is C=CCC1(C=O)CCOC1=O. The molecule has 3 heteroatoms. The number of hydrogen-bond acceptors (Lipinski definition) is 3. The second-order valence-corrected chi connectivity index (χ2v) is 2.65. The van der Waals surface area contributed by atoms with Crippen LogP contribution >= 0.6 is 0 Å². The average molecular weight is 154 g/mol. The number of ether oxygens (including phenoxy) is 1. The van der Waals surface area contributed by atoms with Crippen molar-refractivity contribution in [3.8, 4) is 0 Å². The van der Waals surface area contributed by atoms with E-state index in [1.807, 2.05) is 0 Å². The molecule has 0 aromatic heterocycles. The quantitative estimate of drug-likeness (QED) is 0.260. The molecule has 1 rings (SSSR count). The Bertz CT molecular complexity index is 198. The Morgan fingerprint density at radius 1 is 1.73 bits per heavy atom. The van der Waals surface area contributed by atoms with E-state index < -0.39 is 11.4 Å². The van der Waals surface area contributed by atoms with Gasteiger partial charge in [0.1, 0.15) is 11.7 Å². The molecular weight excluding hydrogens is 144 g/mol. The Labute approximate surface area is 65.0 Å². The van der Waals surface area contributed by atoms with Crippen LogP contribution in [0.25, 0.3) is 0 Å². The highest BCUT2D eigenvalue weighted by molar-refractivity contribution is 5.94. The van der Waals surface area contributed by atoms with Crippen LogP contribution < -0.4 is 0 Å². The minimum atomic E-state index is -0.915. The highest BCUT2D eigenvalue weighted by Crippen LogP contribution is 2.31. The largest absolute Gasteiger partial charge is 0.465 e. The normalized spacial score (nSPS) is 29.6. The summed E-state index contributed by atoms with van der Waals surface area (Å²) in [4.78, 5) is 21.6. The Kier molecular flexibility index (Phi) is 2.08. The zero-order valence-electron chi connectivity index (χ0n) is 6.21. The predicted octanol–water partition coefficient (Wildman–Crippen LogP) is 0.695. The summed E-state index contributed by atoms with van der Waals surface area (Å²) < 4.78 is 4.69. The summed E-state index contributed by atoms with van der Waals surface area (Å²) >= 11 is 0. The average Bonchev–Trinajstić information content (AvgIpc) is 2.35. The third-order valence-corrected chi connectivity index (χ3v) is 1.92. The summed E-state index contributed by atoms with van der Waals surface area (Å²) in [6, 6.07) is 0. The topological polar surface area (TPSA) is 43.4 Å². The van der Waals surface area contributed by atoms with Gasteiger partial charge in [-0.15, -0.1) is 6.58 Å². The fraction of sp³-hybridized carbons (Fsp3) is 0.500. The maximum atomic E-state index is 11.0. The molecule has 0 saturated carbocycles. The molecular formula is C8H10O3. The highest BCUT2D eigenvalue weighted by atomic mass is 16.5. The van der Waals surface area contributed by atoms with Crippen molar-refractivity contribution in [1.29, 1.82) is 0 Å². The van der Waals surface area contributed by atoms with Crippen LogP contribution in [0.2, 0.25) is 0 Å². The molecule has 1 heterocycles. The van der Waals surface area contributed by atoms with Crippen LogP contribution in [-0.2, 0) is 14.3 Å². The fourth-order valence-corrected chi connectivity index (χ4v) is 1.17. The van der Waals surface area contributed by atoms with Gasteiger partial charge in [0.05, 0.1) is 6.61 Å². The molecule has 1 atom stereocenters. The number of esters is 1. The van der Waals surface area contributed by atoms with Crippen molar-refractivity contribution in [2.45, 2.75) is 12.8 Å². The molecule has 0 spiro atoms. The minimum absolute atomic E-state index is 0.353. The van der Waals surface area contributed by atoms with E-state index in [1.165, 1.54) is 0 Å². The molecule has 0 aromatic carbocycles. The van der Waals surface area contributed by atoms with E-state index in [2.05, 4.69) is 6.58 Å². The molecule has 0 bridgehead atoms. The van der Waals surface area contributed by atoms with Crippen molar-refractivity contribution in [3.05, 3.63) is 12.7 Å². The van der Waals surface area contributed by atoms with Crippen LogP contribution in [0.15, 0.2) is 12.7 Å². The van der Waals surface area contributed by atoms with Crippen molar-refractivity contribution < 1.29 is 14.3 Å². The van der Waals surface area contributed by atoms with Gasteiger partial charge in [0.15, 0.2) is 0 Å². The summed E-state index contributed by atoms with van der Waals surface area (Å²) in [6.07, 6.45) is 3.11. The molecule has 0 amide bonds. The third kappa shape index (κ3) is 1.18. The van der Waals surface area contributed by atoms with Gasteiger partial charge in [0, 0.05) is 6.42 Å². The lowest BCUT2D eigenvalue weighted by Crippen LogP contribution is -2.27. The molecule has 1 unspecified atom stereocenters. The van der Waals surface area contributed by atoms with Crippen molar-refractivity contribution >= 4 is 12.3 Å². The minimum Gasteiger partial charge on any atom is -0.465 e. The standard InChI is InChI=1S/C8H10O3/c1-2-3-8(6-9)4-5-11-7(8)10/h2,6H,1,3-5H2. The lowest BCUT2D eigenvalue weighted by atomic mass is 9.85. The van der Waals surface area contributed by atoms with Crippen LogP contribution in [-0.4, -0.2) is 18.9 Å². The number of hydrogen-bond donors (Lipinski definition) is 0. The zero-order valence-corrected chi connectivity index (χ0v) is 6.21. The second kappa shape index (κ2) is 2.86. The maximum absolute atomic E-state index is 11.0. The van der Waals surface area contributed by atoms with Crippen LogP contribution in [0.4, 0.5) is 0 Å². The van der Waals surface area contributed by atoms with Crippen LogP contribution in [0.3, 0.4) is 0 Å². The van der Waals surface area contributed by atoms with Gasteiger partial charge in [0.25, 0.3) is 0 Å². The second-order valence-electron chi connectivity index (χ2n) is 2.65. The van der Waals surface area contributed by atoms with Crippen molar-refractivity contribution in [2.75, 3.05) is 6.61 Å². The first kappa shape index (κ1) is 7.98. The number of carbonyl (C=O) groups is 2. The van der Waals surface area contributed by atoms with E-state index >= 15 is 0 Å². The first-order chi connectivity index (χ1) is 5.25. The van der Waals surface area contributed by atoms with E-state index in [0.717, 1.165) is 0 Å². The zero-order chi connectivity index (χ0) is 8.32. The van der Waals surface area contributed by atoms with E-state index in [0.29, 0.717) is 25.7 Å². The molecule has 1 aliphatic heterocycles. The van der Waals surface area contributed by atoms with Crippen LogP contribution in [0, 0.1) is 5.41 Å². The van der Waals surface area contributed by atoms with E-state index in [1.54, 1.807) is 6.08 Å². The van der Waals surface area contributed by atoms with Crippen molar-refractivity contribution in [1.82, 2.24) is 0 Å². The van der Waals surface area contributed by atoms with E-state index in [9.17, 15) is 9.59 Å². The van der Waals surface area contributed by atoms with E-state index in [-0.39, 0.29) is 0 Å². The number of aldehydes is 1. The Morgan fingerprint density at radius 2 is 2.45 bits per heavy atom. The van der Waals surface area contributed by atoms with E-state index in [4.69, 9.17) is 4.74 Å². The van der Waals surface area contributed by atoms with Gasteiger partial charge in [-0.05, 0) is 6.42 Å². The fourth-order valence-electron chi connectivity index (χ4n) is 1.17. The predicted molar refractivity (Wildman–Crippen MR) is 38.9 cm³/mol. The number of rotatable bonds is 3. The lowest BCUT2D eigenvalue weighted by molar-refractivity contribution is -0.147. The van der Waals surface area contributed by atoms with Gasteiger partial charge in [-0.25, -0.2) is 0 Å². The molecule has 1 fully saturated rings. The van der Waals surface area contributed by atoms with Gasteiger partial charge in [-0.2, -0.15) is 0 Å².